The molecule has 2 aliphatic heterocycles. The molecule has 0 bridgehead atoms. The number of nitriles is 1. The Labute approximate surface area is 183 Å². The minimum absolute atomic E-state index is 0.0654. The number of carbonyl (C=O) groups excluding carboxylic acids is 2. The Morgan fingerprint density at radius 1 is 1.16 bits per heavy atom. The van der Waals surface area contributed by atoms with Crippen molar-refractivity contribution in [3.8, 4) is 6.07 Å². The first-order valence-corrected chi connectivity index (χ1v) is 10.1. The maximum atomic E-state index is 13.2. The lowest BCUT2D eigenvalue weighted by molar-refractivity contribution is -0.137. The van der Waals surface area contributed by atoms with Crippen molar-refractivity contribution in [3.63, 3.8) is 0 Å². The minimum Gasteiger partial charge on any atom is -0.339 e. The molecule has 2 aromatic carbocycles. The standard InChI is InChI=1S/C24H20F3N3O2/c1-29-20-8-6-16(15-28)14-19(20)23(22(29)32)10-12-30(13-11-23)21(31)9-7-17-4-2-3-5-18(17)24(25,26)27/h2-9,14H,10-13H2,1H3. The normalized spacial score (nSPS) is 17.7. The summed E-state index contributed by atoms with van der Waals surface area (Å²) in [6.07, 6.45) is -1.41. The second-order valence-electron chi connectivity index (χ2n) is 8.03. The van der Waals surface area contributed by atoms with Crippen LogP contribution in [0.4, 0.5) is 18.9 Å². The van der Waals surface area contributed by atoms with Gasteiger partial charge < -0.3 is 9.80 Å². The van der Waals surface area contributed by atoms with Gasteiger partial charge in [-0.05, 0) is 54.3 Å². The highest BCUT2D eigenvalue weighted by atomic mass is 19.4. The second kappa shape index (κ2) is 7.83. The Hall–Kier alpha value is -3.60. The minimum atomic E-state index is -4.51. The van der Waals surface area contributed by atoms with Gasteiger partial charge in [-0.1, -0.05) is 18.2 Å². The third-order valence-electron chi connectivity index (χ3n) is 6.32. The number of likely N-dealkylation sites (tertiary alicyclic amines) is 1. The fourth-order valence-electron chi connectivity index (χ4n) is 4.59. The van der Waals surface area contributed by atoms with Crippen molar-refractivity contribution in [3.05, 3.63) is 70.8 Å². The van der Waals surface area contributed by atoms with Crippen molar-refractivity contribution in [2.45, 2.75) is 24.4 Å². The molecule has 2 amide bonds. The van der Waals surface area contributed by atoms with Crippen LogP contribution < -0.4 is 4.90 Å². The first kappa shape index (κ1) is 21.6. The van der Waals surface area contributed by atoms with Gasteiger partial charge in [-0.2, -0.15) is 18.4 Å². The van der Waals surface area contributed by atoms with E-state index in [1.165, 1.54) is 29.2 Å². The van der Waals surface area contributed by atoms with Gasteiger partial charge in [0.05, 0.1) is 22.6 Å². The maximum Gasteiger partial charge on any atom is 0.416 e. The number of benzene rings is 2. The van der Waals surface area contributed by atoms with E-state index in [0.717, 1.165) is 23.4 Å². The van der Waals surface area contributed by atoms with E-state index in [9.17, 15) is 28.0 Å². The lowest BCUT2D eigenvalue weighted by Crippen LogP contribution is -2.49. The molecular weight excluding hydrogens is 419 g/mol. The summed E-state index contributed by atoms with van der Waals surface area (Å²) in [6.45, 7) is 0.583. The topological polar surface area (TPSA) is 64.4 Å². The van der Waals surface area contributed by atoms with Gasteiger partial charge in [-0.3, -0.25) is 9.59 Å². The summed E-state index contributed by atoms with van der Waals surface area (Å²) in [4.78, 5) is 28.8. The van der Waals surface area contributed by atoms with Crippen LogP contribution in [0, 0.1) is 11.3 Å². The molecule has 4 rings (SSSR count). The fraction of sp³-hybridized carbons (Fsp3) is 0.292. The van der Waals surface area contributed by atoms with Crippen LogP contribution in [0.3, 0.4) is 0 Å². The first-order valence-electron chi connectivity index (χ1n) is 10.1. The van der Waals surface area contributed by atoms with Crippen LogP contribution >= 0.6 is 0 Å². The quantitative estimate of drug-likeness (QED) is 0.661. The van der Waals surface area contributed by atoms with Gasteiger partial charge in [0, 0.05) is 31.9 Å². The maximum absolute atomic E-state index is 13.2. The van der Waals surface area contributed by atoms with Crippen molar-refractivity contribution < 1.29 is 22.8 Å². The van der Waals surface area contributed by atoms with Gasteiger partial charge in [0.15, 0.2) is 0 Å². The molecule has 0 aromatic heterocycles. The van der Waals surface area contributed by atoms with E-state index in [0.29, 0.717) is 31.5 Å². The van der Waals surface area contributed by atoms with Gasteiger partial charge in [0.2, 0.25) is 11.8 Å². The van der Waals surface area contributed by atoms with E-state index in [4.69, 9.17) is 0 Å². The molecule has 0 unspecified atom stereocenters. The van der Waals surface area contributed by atoms with Crippen LogP contribution in [0.25, 0.3) is 6.08 Å². The largest absolute Gasteiger partial charge is 0.416 e. The fourth-order valence-corrected chi connectivity index (χ4v) is 4.59. The number of fused-ring (bicyclic) bond motifs is 2. The summed E-state index contributed by atoms with van der Waals surface area (Å²) in [5.41, 5.74) is 0.359. The summed E-state index contributed by atoms with van der Waals surface area (Å²) in [7, 11) is 1.69. The van der Waals surface area contributed by atoms with E-state index in [2.05, 4.69) is 6.07 Å². The van der Waals surface area contributed by atoms with Crippen LogP contribution in [0.2, 0.25) is 0 Å². The summed E-state index contributed by atoms with van der Waals surface area (Å²) < 4.78 is 39.5. The number of alkyl halides is 3. The average molecular weight is 439 g/mol. The molecule has 2 aromatic rings. The van der Waals surface area contributed by atoms with Crippen molar-refractivity contribution in [1.82, 2.24) is 4.90 Å². The third kappa shape index (κ3) is 3.54. The molecule has 5 nitrogen and oxygen atoms in total. The zero-order chi connectivity index (χ0) is 23.1. The number of likely N-dealkylation sites (N-methyl/N-ethyl adjacent to an activating group) is 1. The number of halogens is 3. The molecule has 0 radical (unpaired) electrons. The number of nitrogens with zero attached hydrogens (tertiary/aromatic N) is 3. The van der Waals surface area contributed by atoms with E-state index < -0.39 is 23.1 Å². The molecule has 164 valence electrons. The summed E-state index contributed by atoms with van der Waals surface area (Å²) in [5, 5.41) is 9.25. The van der Waals surface area contributed by atoms with Crippen molar-refractivity contribution in [2.24, 2.45) is 0 Å². The number of piperidine rings is 1. The smallest absolute Gasteiger partial charge is 0.339 e. The predicted molar refractivity (Wildman–Crippen MR) is 113 cm³/mol. The Morgan fingerprint density at radius 3 is 2.50 bits per heavy atom. The lowest BCUT2D eigenvalue weighted by atomic mass is 9.73. The van der Waals surface area contributed by atoms with E-state index in [1.807, 2.05) is 0 Å². The molecule has 0 N–H and O–H groups in total. The van der Waals surface area contributed by atoms with Crippen molar-refractivity contribution in [1.29, 1.82) is 5.26 Å². The molecular formula is C24H20F3N3O2. The average Bonchev–Trinajstić information content (AvgIpc) is 2.99. The molecule has 1 fully saturated rings. The van der Waals surface area contributed by atoms with Gasteiger partial charge in [-0.15, -0.1) is 0 Å². The Balaban J connectivity index is 1.52. The van der Waals surface area contributed by atoms with Crippen molar-refractivity contribution >= 4 is 23.6 Å². The lowest BCUT2D eigenvalue weighted by Gasteiger charge is -2.38. The summed E-state index contributed by atoms with van der Waals surface area (Å²) in [6, 6.07) is 12.3. The van der Waals surface area contributed by atoms with Crippen LogP contribution in [-0.4, -0.2) is 36.9 Å². The predicted octanol–water partition coefficient (Wildman–Crippen LogP) is 4.13. The van der Waals surface area contributed by atoms with Crippen molar-refractivity contribution in [2.75, 3.05) is 25.0 Å². The van der Waals surface area contributed by atoms with E-state index >= 15 is 0 Å². The molecule has 1 spiro atoms. The van der Waals surface area contributed by atoms with Gasteiger partial charge in [0.25, 0.3) is 0 Å². The highest BCUT2D eigenvalue weighted by Gasteiger charge is 2.51. The van der Waals surface area contributed by atoms with E-state index in [1.54, 1.807) is 30.1 Å². The number of hydrogen-bond acceptors (Lipinski definition) is 3. The van der Waals surface area contributed by atoms with Crippen LogP contribution in [0.15, 0.2) is 48.5 Å². The molecule has 2 aliphatic rings. The van der Waals surface area contributed by atoms with Gasteiger partial charge in [0.1, 0.15) is 0 Å². The molecule has 8 heteroatoms. The number of hydrogen-bond donors (Lipinski definition) is 0. The van der Waals surface area contributed by atoms with Crippen LogP contribution in [0.5, 0.6) is 0 Å². The Kier molecular flexibility index (Phi) is 5.29. The highest BCUT2D eigenvalue weighted by molar-refractivity contribution is 6.08. The number of amides is 2. The van der Waals surface area contributed by atoms with Crippen LogP contribution in [0.1, 0.15) is 35.1 Å². The summed E-state index contributed by atoms with van der Waals surface area (Å²) in [5.74, 6) is -0.467. The van der Waals surface area contributed by atoms with Gasteiger partial charge >= 0.3 is 6.18 Å². The number of anilines is 1. The molecule has 1 saturated heterocycles. The SMILES string of the molecule is CN1C(=O)C2(CCN(C(=O)C=Cc3ccccc3C(F)(F)F)CC2)c2cc(C#N)ccc21. The third-order valence-corrected chi connectivity index (χ3v) is 6.32. The molecule has 2 heterocycles. The summed E-state index contributed by atoms with van der Waals surface area (Å²) >= 11 is 0. The number of rotatable bonds is 2. The molecule has 0 saturated carbocycles. The Bertz CT molecular complexity index is 1160. The second-order valence-corrected chi connectivity index (χ2v) is 8.03. The van der Waals surface area contributed by atoms with Gasteiger partial charge in [-0.25, -0.2) is 0 Å². The molecule has 0 aliphatic carbocycles. The Morgan fingerprint density at radius 2 is 1.84 bits per heavy atom. The monoisotopic (exact) mass is 439 g/mol. The zero-order valence-electron chi connectivity index (χ0n) is 17.3. The van der Waals surface area contributed by atoms with Crippen LogP contribution in [-0.2, 0) is 21.2 Å². The van der Waals surface area contributed by atoms with E-state index in [-0.39, 0.29) is 11.5 Å². The zero-order valence-corrected chi connectivity index (χ0v) is 17.3. The number of carbonyl (C=O) groups is 2. The molecule has 0 atom stereocenters. The highest BCUT2D eigenvalue weighted by Crippen LogP contribution is 2.47. The molecule has 32 heavy (non-hydrogen) atoms. The first-order chi connectivity index (χ1) is 15.2.